The molecule has 0 amide bonds. The van der Waals surface area contributed by atoms with Gasteiger partial charge < -0.3 is 10.1 Å². The molecule has 0 aromatic carbocycles. The molecule has 76 valence electrons. The van der Waals surface area contributed by atoms with Crippen molar-refractivity contribution in [1.82, 2.24) is 10.3 Å². The Kier molecular flexibility index (Phi) is 3.54. The fraction of sp³-hybridized carbons (Fsp3) is 0.444. The summed E-state index contributed by atoms with van der Waals surface area (Å²) >= 11 is 6.99. The van der Waals surface area contributed by atoms with Crippen molar-refractivity contribution in [2.24, 2.45) is 0 Å². The summed E-state index contributed by atoms with van der Waals surface area (Å²) in [4.78, 5) is 4.08. The van der Waals surface area contributed by atoms with Crippen LogP contribution in [0.1, 0.15) is 11.6 Å². The Balaban J connectivity index is 2.29. The van der Waals surface area contributed by atoms with Gasteiger partial charge in [0.15, 0.2) is 0 Å². The summed E-state index contributed by atoms with van der Waals surface area (Å²) in [5, 5.41) is 3.40. The summed E-state index contributed by atoms with van der Waals surface area (Å²) < 4.78 is 7.44. The van der Waals surface area contributed by atoms with E-state index in [2.05, 4.69) is 42.2 Å². The summed E-state index contributed by atoms with van der Waals surface area (Å²) in [7, 11) is 0. The van der Waals surface area contributed by atoms with Crippen LogP contribution < -0.4 is 5.32 Å². The van der Waals surface area contributed by atoms with Gasteiger partial charge in [0.2, 0.25) is 0 Å². The Labute approximate surface area is 99.5 Å². The van der Waals surface area contributed by atoms with Crippen molar-refractivity contribution in [1.29, 1.82) is 0 Å². The predicted molar refractivity (Wildman–Crippen MR) is 61.2 cm³/mol. The van der Waals surface area contributed by atoms with E-state index in [0.717, 1.165) is 22.1 Å². The lowest BCUT2D eigenvalue weighted by Gasteiger charge is -2.25. The first-order valence-electron chi connectivity index (χ1n) is 4.39. The maximum Gasteiger partial charge on any atom is 0.0662 e. The number of rotatable bonds is 1. The molecule has 0 spiro atoms. The molecule has 1 unspecified atom stereocenters. The van der Waals surface area contributed by atoms with E-state index in [-0.39, 0.29) is 6.04 Å². The molecule has 0 radical (unpaired) electrons. The Morgan fingerprint density at radius 3 is 2.64 bits per heavy atom. The number of halogens is 2. The minimum atomic E-state index is 0.246. The summed E-state index contributed by atoms with van der Waals surface area (Å²) in [6.45, 7) is 2.39. The Morgan fingerprint density at radius 2 is 2.07 bits per heavy atom. The molecule has 5 heteroatoms. The van der Waals surface area contributed by atoms with Gasteiger partial charge in [-0.25, -0.2) is 0 Å². The maximum atomic E-state index is 5.42. The van der Waals surface area contributed by atoms with Gasteiger partial charge in [-0.05, 0) is 31.9 Å². The van der Waals surface area contributed by atoms with Gasteiger partial charge in [-0.3, -0.25) is 4.98 Å². The number of ether oxygens (including phenoxy) is 1. The maximum absolute atomic E-state index is 5.42. The summed E-state index contributed by atoms with van der Waals surface area (Å²) in [5.74, 6) is 0. The number of nitrogens with one attached hydrogen (secondary N) is 1. The lowest BCUT2D eigenvalue weighted by atomic mass is 10.1. The quantitative estimate of drug-likeness (QED) is 0.861. The van der Waals surface area contributed by atoms with Gasteiger partial charge in [0, 0.05) is 33.4 Å². The summed E-state index contributed by atoms with van der Waals surface area (Å²) in [6.07, 6.45) is 3.60. The van der Waals surface area contributed by atoms with Crippen LogP contribution in [0, 0.1) is 0 Å². The fourth-order valence-electron chi connectivity index (χ4n) is 1.51. The second-order valence-electron chi connectivity index (χ2n) is 3.10. The van der Waals surface area contributed by atoms with Crippen LogP contribution in [0.25, 0.3) is 0 Å². The van der Waals surface area contributed by atoms with Gasteiger partial charge in [-0.15, -0.1) is 0 Å². The highest BCUT2D eigenvalue weighted by Gasteiger charge is 2.20. The van der Waals surface area contributed by atoms with Crippen molar-refractivity contribution in [3.63, 3.8) is 0 Å². The molecule has 1 saturated heterocycles. The number of hydrogen-bond donors (Lipinski definition) is 1. The molecule has 0 bridgehead atoms. The number of hydrogen-bond acceptors (Lipinski definition) is 3. The number of nitrogens with zero attached hydrogens (tertiary/aromatic N) is 1. The van der Waals surface area contributed by atoms with Crippen LogP contribution in [-0.4, -0.2) is 24.7 Å². The van der Waals surface area contributed by atoms with E-state index in [1.807, 2.05) is 0 Å². The van der Waals surface area contributed by atoms with Crippen molar-refractivity contribution in [3.8, 4) is 0 Å². The van der Waals surface area contributed by atoms with E-state index in [4.69, 9.17) is 4.74 Å². The average Bonchev–Trinajstić information content (AvgIpc) is 2.19. The first kappa shape index (κ1) is 10.5. The first-order valence-corrected chi connectivity index (χ1v) is 5.97. The molecule has 0 saturated carbocycles. The first-order chi connectivity index (χ1) is 6.79. The standard InChI is InChI=1S/C9H10Br2N2O/c10-6-3-12-4-7(11)9(6)8-5-14-2-1-13-8/h3-4,8,13H,1-2,5H2. The van der Waals surface area contributed by atoms with Gasteiger partial charge in [-0.2, -0.15) is 0 Å². The van der Waals surface area contributed by atoms with E-state index < -0.39 is 0 Å². The highest BCUT2D eigenvalue weighted by atomic mass is 79.9. The molecule has 3 nitrogen and oxygen atoms in total. The van der Waals surface area contributed by atoms with Crippen LogP contribution in [-0.2, 0) is 4.74 Å². The Morgan fingerprint density at radius 1 is 1.36 bits per heavy atom. The van der Waals surface area contributed by atoms with Crippen LogP contribution in [0.4, 0.5) is 0 Å². The van der Waals surface area contributed by atoms with Crippen molar-refractivity contribution < 1.29 is 4.74 Å². The summed E-state index contributed by atoms with van der Waals surface area (Å²) in [6, 6.07) is 0.246. The molecule has 1 aromatic heterocycles. The highest BCUT2D eigenvalue weighted by Crippen LogP contribution is 2.30. The Hall–Kier alpha value is 0.0300. The van der Waals surface area contributed by atoms with Gasteiger partial charge in [0.1, 0.15) is 0 Å². The smallest absolute Gasteiger partial charge is 0.0662 e. The second kappa shape index (κ2) is 4.70. The fourth-order valence-corrected chi connectivity index (χ4v) is 2.99. The number of morpholine rings is 1. The molecule has 0 aliphatic carbocycles. The third-order valence-electron chi connectivity index (χ3n) is 2.16. The molecule has 1 aromatic rings. The van der Waals surface area contributed by atoms with Crippen molar-refractivity contribution >= 4 is 31.9 Å². The van der Waals surface area contributed by atoms with E-state index in [9.17, 15) is 0 Å². The lowest BCUT2D eigenvalue weighted by Crippen LogP contribution is -2.35. The van der Waals surface area contributed by atoms with Crippen LogP contribution in [0.3, 0.4) is 0 Å². The van der Waals surface area contributed by atoms with Crippen LogP contribution in [0.15, 0.2) is 21.3 Å². The van der Waals surface area contributed by atoms with Gasteiger partial charge in [-0.1, -0.05) is 0 Å². The zero-order valence-electron chi connectivity index (χ0n) is 7.46. The monoisotopic (exact) mass is 320 g/mol. The largest absolute Gasteiger partial charge is 0.378 e. The van der Waals surface area contributed by atoms with Crippen LogP contribution >= 0.6 is 31.9 Å². The minimum absolute atomic E-state index is 0.246. The zero-order valence-corrected chi connectivity index (χ0v) is 10.6. The summed E-state index contributed by atoms with van der Waals surface area (Å²) in [5.41, 5.74) is 1.18. The van der Waals surface area contributed by atoms with E-state index >= 15 is 0 Å². The normalized spacial score (nSPS) is 22.3. The molecule has 1 aliphatic heterocycles. The van der Waals surface area contributed by atoms with Crippen LogP contribution in [0.2, 0.25) is 0 Å². The molecule has 14 heavy (non-hydrogen) atoms. The third-order valence-corrected chi connectivity index (χ3v) is 3.42. The third kappa shape index (κ3) is 2.16. The van der Waals surface area contributed by atoms with E-state index in [0.29, 0.717) is 6.61 Å². The molecule has 2 heterocycles. The highest BCUT2D eigenvalue weighted by molar-refractivity contribution is 9.11. The molecular weight excluding hydrogens is 312 g/mol. The molecule has 1 fully saturated rings. The van der Waals surface area contributed by atoms with Gasteiger partial charge >= 0.3 is 0 Å². The second-order valence-corrected chi connectivity index (χ2v) is 4.81. The zero-order chi connectivity index (χ0) is 9.97. The molecule has 1 N–H and O–H groups in total. The SMILES string of the molecule is Brc1cncc(Br)c1C1COCCN1. The van der Waals surface area contributed by atoms with Crippen molar-refractivity contribution in [2.45, 2.75) is 6.04 Å². The van der Waals surface area contributed by atoms with E-state index in [1.54, 1.807) is 12.4 Å². The topological polar surface area (TPSA) is 34.1 Å². The number of pyridine rings is 1. The van der Waals surface area contributed by atoms with Crippen molar-refractivity contribution in [2.75, 3.05) is 19.8 Å². The Bertz CT molecular complexity index is 306. The van der Waals surface area contributed by atoms with Crippen molar-refractivity contribution in [3.05, 3.63) is 26.9 Å². The van der Waals surface area contributed by atoms with E-state index in [1.165, 1.54) is 5.56 Å². The van der Waals surface area contributed by atoms with Gasteiger partial charge in [0.25, 0.3) is 0 Å². The molecule has 2 rings (SSSR count). The van der Waals surface area contributed by atoms with Gasteiger partial charge in [0.05, 0.1) is 19.3 Å². The molecule has 1 atom stereocenters. The lowest BCUT2D eigenvalue weighted by molar-refractivity contribution is 0.0764. The predicted octanol–water partition coefficient (Wildman–Crippen LogP) is 2.27. The van der Waals surface area contributed by atoms with Crippen LogP contribution in [0.5, 0.6) is 0 Å². The molecule has 1 aliphatic rings. The average molecular weight is 322 g/mol. The minimum Gasteiger partial charge on any atom is -0.378 e. The number of aromatic nitrogens is 1. The molecular formula is C9H10Br2N2O.